The maximum atomic E-state index is 10.4. The van der Waals surface area contributed by atoms with Crippen LogP contribution in [0.3, 0.4) is 0 Å². The summed E-state index contributed by atoms with van der Waals surface area (Å²) in [4.78, 5) is 14.4. The van der Waals surface area contributed by atoms with E-state index in [4.69, 9.17) is 11.6 Å². The molecule has 0 saturated carbocycles. The Morgan fingerprint density at radius 1 is 1.73 bits per heavy atom. The number of carbonyl (C=O) groups excluding carboxylic acids is 1. The van der Waals surface area contributed by atoms with Gasteiger partial charge in [-0.25, -0.2) is 0 Å². The molecule has 0 atom stereocenters. The van der Waals surface area contributed by atoms with Gasteiger partial charge >= 0.3 is 0 Å². The van der Waals surface area contributed by atoms with Crippen molar-refractivity contribution in [1.29, 1.82) is 0 Å². The molecule has 0 N–H and O–H groups in total. The molecule has 1 aromatic rings. The van der Waals surface area contributed by atoms with E-state index in [0.717, 1.165) is 17.5 Å². The van der Waals surface area contributed by atoms with Crippen molar-refractivity contribution in [3.05, 3.63) is 29.1 Å². The van der Waals surface area contributed by atoms with Gasteiger partial charge < -0.3 is 0 Å². The molecular formula is C8H8ClNO. The minimum atomic E-state index is 0.348. The minimum absolute atomic E-state index is 0.348. The van der Waals surface area contributed by atoms with Gasteiger partial charge in [-0.2, -0.15) is 0 Å². The molecule has 0 amide bonds. The Bertz CT molecular complexity index is 273. The summed E-state index contributed by atoms with van der Waals surface area (Å²) in [5.74, 6) is 0.348. The molecule has 1 rings (SSSR count). The summed E-state index contributed by atoms with van der Waals surface area (Å²) in [6.45, 7) is 1.84. The molecule has 2 nitrogen and oxygen atoms in total. The number of hydrogen-bond donors (Lipinski definition) is 0. The number of hydrogen-bond acceptors (Lipinski definition) is 2. The molecule has 0 aromatic carbocycles. The van der Waals surface area contributed by atoms with Crippen molar-refractivity contribution in [3.63, 3.8) is 0 Å². The van der Waals surface area contributed by atoms with E-state index in [2.05, 4.69) is 4.98 Å². The first-order valence-corrected chi connectivity index (χ1v) is 3.78. The Morgan fingerprint density at radius 2 is 2.45 bits per heavy atom. The van der Waals surface area contributed by atoms with E-state index >= 15 is 0 Å². The van der Waals surface area contributed by atoms with Gasteiger partial charge in [0.25, 0.3) is 0 Å². The molecule has 0 radical (unpaired) electrons. The van der Waals surface area contributed by atoms with Crippen LogP contribution in [-0.2, 0) is 5.88 Å². The van der Waals surface area contributed by atoms with Gasteiger partial charge in [-0.15, -0.1) is 11.6 Å². The summed E-state index contributed by atoms with van der Waals surface area (Å²) in [6.07, 6.45) is 2.47. The predicted octanol–water partition coefficient (Wildman–Crippen LogP) is 1.94. The molecule has 1 aromatic heterocycles. The summed E-state index contributed by atoms with van der Waals surface area (Å²) in [7, 11) is 0. The van der Waals surface area contributed by atoms with Crippen LogP contribution in [0.4, 0.5) is 0 Å². The molecule has 58 valence electrons. The fraction of sp³-hybridized carbons (Fsp3) is 0.250. The lowest BCUT2D eigenvalue weighted by atomic mass is 10.1. The quantitative estimate of drug-likeness (QED) is 0.500. The van der Waals surface area contributed by atoms with Crippen molar-refractivity contribution in [1.82, 2.24) is 4.98 Å². The maximum absolute atomic E-state index is 10.4. The van der Waals surface area contributed by atoms with E-state index in [1.807, 2.05) is 6.92 Å². The molecule has 0 aliphatic heterocycles. The van der Waals surface area contributed by atoms with E-state index in [1.54, 1.807) is 12.3 Å². The van der Waals surface area contributed by atoms with Crippen LogP contribution in [0.5, 0.6) is 0 Å². The highest BCUT2D eigenvalue weighted by Gasteiger charge is 1.98. The first-order valence-electron chi connectivity index (χ1n) is 3.24. The van der Waals surface area contributed by atoms with Crippen molar-refractivity contribution in [2.24, 2.45) is 0 Å². The number of halogens is 1. The Kier molecular flexibility index (Phi) is 2.60. The van der Waals surface area contributed by atoms with Gasteiger partial charge in [0.15, 0.2) is 0 Å². The van der Waals surface area contributed by atoms with Crippen LogP contribution in [-0.4, -0.2) is 11.3 Å². The third-order valence-electron chi connectivity index (χ3n) is 1.47. The number of aryl methyl sites for hydroxylation is 1. The molecule has 0 aliphatic carbocycles. The summed E-state index contributed by atoms with van der Waals surface area (Å²) in [5.41, 5.74) is 2.28. The van der Waals surface area contributed by atoms with Gasteiger partial charge in [-0.1, -0.05) is 0 Å². The van der Waals surface area contributed by atoms with Crippen molar-refractivity contribution in [3.8, 4) is 0 Å². The largest absolute Gasteiger partial charge is 0.298 e. The van der Waals surface area contributed by atoms with Crippen LogP contribution < -0.4 is 0 Å². The second kappa shape index (κ2) is 3.49. The fourth-order valence-electron chi connectivity index (χ4n) is 0.785. The zero-order chi connectivity index (χ0) is 8.27. The van der Waals surface area contributed by atoms with E-state index in [0.29, 0.717) is 11.4 Å². The summed E-state index contributed by atoms with van der Waals surface area (Å²) < 4.78 is 0. The smallest absolute Gasteiger partial charge is 0.150 e. The van der Waals surface area contributed by atoms with Gasteiger partial charge in [0.1, 0.15) is 6.29 Å². The van der Waals surface area contributed by atoms with Gasteiger partial charge in [0.2, 0.25) is 0 Å². The highest BCUT2D eigenvalue weighted by molar-refractivity contribution is 6.16. The van der Waals surface area contributed by atoms with E-state index in [9.17, 15) is 4.79 Å². The maximum Gasteiger partial charge on any atom is 0.150 e. The number of alkyl halides is 1. The SMILES string of the molecule is Cc1cnc(CCl)cc1C=O. The topological polar surface area (TPSA) is 30.0 Å². The molecule has 0 bridgehead atoms. The van der Waals surface area contributed by atoms with Crippen LogP contribution in [0, 0.1) is 6.92 Å². The normalized spacial score (nSPS) is 9.64. The molecular weight excluding hydrogens is 162 g/mol. The first-order chi connectivity index (χ1) is 5.27. The van der Waals surface area contributed by atoms with Crippen LogP contribution >= 0.6 is 11.6 Å². The first kappa shape index (κ1) is 8.21. The standard InChI is InChI=1S/C8H8ClNO/c1-6-4-10-8(3-9)2-7(6)5-11/h2,4-5H,3H2,1H3. The zero-order valence-electron chi connectivity index (χ0n) is 6.17. The lowest BCUT2D eigenvalue weighted by Crippen LogP contribution is -1.92. The van der Waals surface area contributed by atoms with Crippen molar-refractivity contribution in [2.45, 2.75) is 12.8 Å². The number of carbonyl (C=O) groups is 1. The predicted molar refractivity (Wildman–Crippen MR) is 43.9 cm³/mol. The summed E-state index contributed by atoms with van der Waals surface area (Å²) in [5, 5.41) is 0. The molecule has 0 saturated heterocycles. The molecule has 1 heterocycles. The monoisotopic (exact) mass is 169 g/mol. The summed E-state index contributed by atoms with van der Waals surface area (Å²) >= 11 is 5.53. The average molecular weight is 170 g/mol. The van der Waals surface area contributed by atoms with Crippen LogP contribution in [0.15, 0.2) is 12.3 Å². The molecule has 11 heavy (non-hydrogen) atoms. The Balaban J connectivity index is 3.12. The van der Waals surface area contributed by atoms with Gasteiger partial charge in [-0.3, -0.25) is 9.78 Å². The lowest BCUT2D eigenvalue weighted by Gasteiger charge is -1.98. The third-order valence-corrected chi connectivity index (χ3v) is 1.74. The molecule has 0 aliphatic rings. The van der Waals surface area contributed by atoms with Gasteiger partial charge in [0.05, 0.1) is 11.6 Å². The fourth-order valence-corrected chi connectivity index (χ4v) is 0.931. The molecule has 0 fully saturated rings. The third kappa shape index (κ3) is 1.77. The number of pyridine rings is 1. The highest BCUT2D eigenvalue weighted by Crippen LogP contribution is 2.07. The summed E-state index contributed by atoms with van der Waals surface area (Å²) in [6, 6.07) is 1.70. The van der Waals surface area contributed by atoms with Crippen molar-refractivity contribution >= 4 is 17.9 Å². The average Bonchev–Trinajstić information content (AvgIpc) is 2.05. The minimum Gasteiger partial charge on any atom is -0.298 e. The second-order valence-electron chi connectivity index (χ2n) is 2.28. The van der Waals surface area contributed by atoms with E-state index in [1.165, 1.54) is 0 Å². The van der Waals surface area contributed by atoms with Crippen LogP contribution in [0.1, 0.15) is 21.6 Å². The van der Waals surface area contributed by atoms with Crippen molar-refractivity contribution < 1.29 is 4.79 Å². The molecule has 3 heteroatoms. The Labute approximate surface area is 70.2 Å². The Hall–Kier alpha value is -0.890. The number of aldehydes is 1. The lowest BCUT2D eigenvalue weighted by molar-refractivity contribution is 0.112. The van der Waals surface area contributed by atoms with Crippen molar-refractivity contribution in [2.75, 3.05) is 0 Å². The van der Waals surface area contributed by atoms with Gasteiger partial charge in [-0.05, 0) is 18.6 Å². The Morgan fingerprint density at radius 3 is 3.00 bits per heavy atom. The van der Waals surface area contributed by atoms with Gasteiger partial charge in [0, 0.05) is 11.8 Å². The zero-order valence-corrected chi connectivity index (χ0v) is 6.93. The van der Waals surface area contributed by atoms with Crippen LogP contribution in [0.25, 0.3) is 0 Å². The van der Waals surface area contributed by atoms with E-state index < -0.39 is 0 Å². The molecule has 0 spiro atoms. The number of nitrogens with zero attached hydrogens (tertiary/aromatic N) is 1. The number of aromatic nitrogens is 1. The van der Waals surface area contributed by atoms with Crippen LogP contribution in [0.2, 0.25) is 0 Å². The molecule has 0 unspecified atom stereocenters. The number of rotatable bonds is 2. The highest BCUT2D eigenvalue weighted by atomic mass is 35.5. The van der Waals surface area contributed by atoms with E-state index in [-0.39, 0.29) is 0 Å². The second-order valence-corrected chi connectivity index (χ2v) is 2.55.